The van der Waals surface area contributed by atoms with E-state index in [9.17, 15) is 4.79 Å². The van der Waals surface area contributed by atoms with Crippen LogP contribution in [0, 0.1) is 0 Å². The van der Waals surface area contributed by atoms with Gasteiger partial charge in [0.1, 0.15) is 7.41 Å². The minimum Gasteiger partial charge on any atom is -0.480 e. The van der Waals surface area contributed by atoms with Gasteiger partial charge in [-0.1, -0.05) is 0 Å². The summed E-state index contributed by atoms with van der Waals surface area (Å²) in [5.74, 6) is -1.06. The largest absolute Gasteiger partial charge is 0.480 e. The number of aromatic nitrogens is 2. The number of hydrogen-bond donors (Lipinski definition) is 2. The maximum atomic E-state index is 10.4. The van der Waals surface area contributed by atoms with E-state index in [1.165, 1.54) is 4.57 Å². The van der Waals surface area contributed by atoms with Gasteiger partial charge in [0.25, 0.3) is 0 Å². The van der Waals surface area contributed by atoms with E-state index in [2.05, 4.69) is 4.98 Å². The molecule has 0 aliphatic rings. The Kier molecular flexibility index (Phi) is 2.04. The molecule has 0 bridgehead atoms. The van der Waals surface area contributed by atoms with Gasteiger partial charge in [-0.2, -0.15) is 0 Å². The van der Waals surface area contributed by atoms with Crippen molar-refractivity contribution in [3.8, 4) is 0 Å². The highest BCUT2D eigenvalue weighted by atomic mass is 16.4. The molecule has 0 aromatic carbocycles. The van der Waals surface area contributed by atoms with Gasteiger partial charge in [-0.25, -0.2) is 4.98 Å². The smallest absolute Gasteiger partial charge is 0.320 e. The summed E-state index contributed by atoms with van der Waals surface area (Å²) in [7, 11) is 1.67. The molecule has 3 N–H and O–H groups in total. The average Bonchev–Trinajstić information content (AvgIpc) is 2.31. The average molecular weight is 171 g/mol. The second kappa shape index (κ2) is 3.36. The number of nitrogens with zero attached hydrogens (tertiary/aromatic N) is 2. The van der Waals surface area contributed by atoms with E-state index in [4.69, 9.17) is 12.2 Å². The number of carboxylic acid groups (broad SMARTS) is 1. The van der Waals surface area contributed by atoms with Crippen molar-refractivity contribution in [3.05, 3.63) is 18.2 Å². The Labute approximate surface area is 71.2 Å². The minimum absolute atomic E-state index is 0.104. The van der Waals surface area contributed by atoms with Gasteiger partial charge in [-0.15, -0.1) is 0 Å². The number of aliphatic carboxylic acids is 1. The van der Waals surface area contributed by atoms with Gasteiger partial charge in [-0.3, -0.25) is 4.79 Å². The number of nitrogens with two attached hydrogens (primary N) is 1. The maximum Gasteiger partial charge on any atom is 0.320 e. The fourth-order valence-electron chi connectivity index (χ4n) is 0.835. The Hall–Kier alpha value is -1.36. The quantitative estimate of drug-likeness (QED) is 0.634. The van der Waals surface area contributed by atoms with Crippen LogP contribution in [-0.4, -0.2) is 26.7 Å². The molecule has 0 aliphatic carbocycles. The van der Waals surface area contributed by atoms with Gasteiger partial charge in [-0.05, 0) is 0 Å². The van der Waals surface area contributed by atoms with Crippen LogP contribution in [0.4, 0.5) is 0 Å². The number of rotatable bonds is 3. The summed E-state index contributed by atoms with van der Waals surface area (Å²) in [5, 5.41) is 8.51. The summed E-state index contributed by atoms with van der Waals surface area (Å²) in [6.07, 6.45) is 1.86. The van der Waals surface area contributed by atoms with Crippen molar-refractivity contribution in [2.24, 2.45) is 12.8 Å². The lowest BCUT2D eigenvalue weighted by molar-refractivity contribution is -0.138. The second-order valence-electron chi connectivity index (χ2n) is 2.59. The summed E-state index contributed by atoms with van der Waals surface area (Å²) in [5.41, 5.74) is 5.83. The van der Waals surface area contributed by atoms with Crippen molar-refractivity contribution in [2.45, 2.75) is 12.5 Å². The lowest BCUT2D eigenvalue weighted by Gasteiger charge is -2.01. The molecule has 1 aromatic rings. The summed E-state index contributed by atoms with van der Waals surface area (Å²) >= 11 is 0. The van der Waals surface area contributed by atoms with Crippen molar-refractivity contribution in [1.29, 1.82) is 0 Å². The zero-order chi connectivity index (χ0) is 10.0. The predicted octanol–water partition coefficient (Wildman–Crippen LogP) is -0.626. The molecule has 0 saturated heterocycles. The fraction of sp³-hybridized carbons (Fsp3) is 0.429. The summed E-state index contributed by atoms with van der Waals surface area (Å²) in [6.45, 7) is 0. The van der Waals surface area contributed by atoms with Crippen molar-refractivity contribution in [1.82, 2.24) is 9.55 Å². The van der Waals surface area contributed by atoms with E-state index in [0.29, 0.717) is 5.69 Å². The molecule has 12 heavy (non-hydrogen) atoms. The number of carbonyl (C=O) groups is 1. The Balaban J connectivity index is 2.69. The van der Waals surface area contributed by atoms with Crippen LogP contribution in [0.5, 0.6) is 0 Å². The monoisotopic (exact) mass is 171 g/mol. The molecule has 0 spiro atoms. The number of carboxylic acids is 1. The first kappa shape index (κ1) is 7.30. The molecule has 0 saturated carbocycles. The standard InChI is InChI=1S/C7H11N3O2/c1-10-3-5(9-4-10)2-6(8)7(11)12/h3-4,6H,2,8H2,1H3,(H,11,12)/t6-/m0/s1/i4T. The molecular formula is C7H11N3O2. The van der Waals surface area contributed by atoms with Gasteiger partial charge >= 0.3 is 5.97 Å². The topological polar surface area (TPSA) is 81.1 Å². The first-order chi connectivity index (χ1) is 6.00. The van der Waals surface area contributed by atoms with E-state index in [1.54, 1.807) is 13.2 Å². The SMILES string of the molecule is [3H]c1nc(C[C@H](N)C(=O)O)cn1C. The molecule has 1 rings (SSSR count). The molecule has 1 heterocycles. The van der Waals surface area contributed by atoms with Crippen LogP contribution in [0.25, 0.3) is 0 Å². The van der Waals surface area contributed by atoms with Crippen molar-refractivity contribution >= 4 is 5.97 Å². The third-order valence-corrected chi connectivity index (χ3v) is 1.44. The van der Waals surface area contributed by atoms with Crippen LogP contribution >= 0.6 is 0 Å². The predicted molar refractivity (Wildman–Crippen MR) is 42.5 cm³/mol. The molecule has 0 fully saturated rings. The molecule has 0 unspecified atom stereocenters. The van der Waals surface area contributed by atoms with Crippen LogP contribution < -0.4 is 5.73 Å². The van der Waals surface area contributed by atoms with Gasteiger partial charge in [0.2, 0.25) is 0 Å². The van der Waals surface area contributed by atoms with Crippen molar-refractivity contribution in [2.75, 3.05) is 0 Å². The lowest BCUT2D eigenvalue weighted by Crippen LogP contribution is -2.32. The molecule has 0 amide bonds. The van der Waals surface area contributed by atoms with Gasteiger partial charge in [0.05, 0.1) is 12.0 Å². The summed E-state index contributed by atoms with van der Waals surface area (Å²) < 4.78 is 8.76. The summed E-state index contributed by atoms with van der Waals surface area (Å²) in [6, 6.07) is -0.950. The molecule has 66 valence electrons. The highest BCUT2D eigenvalue weighted by Gasteiger charge is 2.12. The zero-order valence-electron chi connectivity index (χ0n) is 7.69. The zero-order valence-corrected chi connectivity index (χ0v) is 6.69. The van der Waals surface area contributed by atoms with Crippen LogP contribution in [0.3, 0.4) is 0 Å². The van der Waals surface area contributed by atoms with E-state index >= 15 is 0 Å². The maximum absolute atomic E-state index is 10.4. The van der Waals surface area contributed by atoms with Crippen molar-refractivity contribution < 1.29 is 11.3 Å². The van der Waals surface area contributed by atoms with Crippen LogP contribution in [0.2, 0.25) is 0 Å². The Morgan fingerprint density at radius 3 is 3.17 bits per heavy atom. The lowest BCUT2D eigenvalue weighted by atomic mass is 10.2. The Morgan fingerprint density at radius 2 is 2.75 bits per heavy atom. The molecule has 0 radical (unpaired) electrons. The molecular weight excluding hydrogens is 158 g/mol. The molecule has 5 nitrogen and oxygen atoms in total. The highest BCUT2D eigenvalue weighted by Crippen LogP contribution is 1.97. The van der Waals surface area contributed by atoms with Crippen LogP contribution in [-0.2, 0) is 18.3 Å². The Morgan fingerprint density at radius 1 is 2.08 bits per heavy atom. The minimum atomic E-state index is -1.06. The molecule has 1 atom stereocenters. The number of imidazole rings is 1. The van der Waals surface area contributed by atoms with Gasteiger partial charge < -0.3 is 15.4 Å². The third kappa shape index (κ3) is 2.06. The number of aryl methyl sites for hydroxylation is 1. The van der Waals surface area contributed by atoms with Crippen LogP contribution in [0.1, 0.15) is 7.06 Å². The number of hydrogen-bond acceptors (Lipinski definition) is 3. The van der Waals surface area contributed by atoms with Crippen LogP contribution in [0.15, 0.2) is 12.5 Å². The normalized spacial score (nSPS) is 14.0. The first-order valence-corrected chi connectivity index (χ1v) is 3.48. The van der Waals surface area contributed by atoms with E-state index in [-0.39, 0.29) is 12.7 Å². The van der Waals surface area contributed by atoms with Crippen molar-refractivity contribution in [3.63, 3.8) is 0 Å². The van der Waals surface area contributed by atoms with E-state index in [1.807, 2.05) is 0 Å². The van der Waals surface area contributed by atoms with Gasteiger partial charge in [0, 0.05) is 19.7 Å². The summed E-state index contributed by atoms with van der Waals surface area (Å²) in [4.78, 5) is 14.2. The highest BCUT2D eigenvalue weighted by molar-refractivity contribution is 5.73. The first-order valence-electron chi connectivity index (χ1n) is 3.98. The molecule has 0 aliphatic heterocycles. The molecule has 5 heteroatoms. The van der Waals surface area contributed by atoms with E-state index < -0.39 is 12.0 Å². The Bertz CT molecular complexity index is 304. The fourth-order valence-corrected chi connectivity index (χ4v) is 0.835. The second-order valence-corrected chi connectivity index (χ2v) is 2.59. The molecule has 1 aromatic heterocycles. The third-order valence-electron chi connectivity index (χ3n) is 1.44. The van der Waals surface area contributed by atoms with E-state index in [0.717, 1.165) is 0 Å². The van der Waals surface area contributed by atoms with Gasteiger partial charge in [0.15, 0.2) is 0 Å².